The molecule has 24 heavy (non-hydrogen) atoms. The van der Waals surface area contributed by atoms with Crippen LogP contribution in [-0.4, -0.2) is 8.42 Å². The molecular weight excluding hydrogens is 328 g/mol. The van der Waals surface area contributed by atoms with Gasteiger partial charge in [-0.15, -0.1) is 0 Å². The fraction of sp³-hybridized carbons (Fsp3) is 0.600. The summed E-state index contributed by atoms with van der Waals surface area (Å²) in [5.41, 5.74) is 19.7. The van der Waals surface area contributed by atoms with Crippen LogP contribution >= 0.6 is 0 Å². The molecule has 0 spiro atoms. The Morgan fingerprint density at radius 1 is 0.833 bits per heavy atom. The van der Waals surface area contributed by atoms with Gasteiger partial charge in [0.15, 0.2) is 0 Å². The van der Waals surface area contributed by atoms with Gasteiger partial charge in [-0.1, -0.05) is 59.7 Å². The van der Waals surface area contributed by atoms with E-state index in [0.717, 1.165) is 0 Å². The molecule has 0 fully saturated rings. The van der Waals surface area contributed by atoms with Gasteiger partial charge in [0.1, 0.15) is 0 Å². The molecule has 132 valence electrons. The summed E-state index contributed by atoms with van der Waals surface area (Å²) in [7, 11) is -4.27. The van der Waals surface area contributed by atoms with Gasteiger partial charge in [-0.05, 0) is 45.5 Å². The zero-order valence-corrected chi connectivity index (χ0v) is 15.7. The van der Waals surface area contributed by atoms with Crippen LogP contribution in [0.25, 0.3) is 20.9 Å². The molecule has 0 N–H and O–H groups in total. The van der Waals surface area contributed by atoms with Crippen LogP contribution < -0.4 is 0 Å². The van der Waals surface area contributed by atoms with Gasteiger partial charge in [0.05, 0.1) is 0 Å². The van der Waals surface area contributed by atoms with Gasteiger partial charge in [0.25, 0.3) is 0 Å². The molecule has 0 bridgehead atoms. The van der Waals surface area contributed by atoms with Crippen LogP contribution in [0.1, 0.15) is 76.0 Å². The van der Waals surface area contributed by atoms with E-state index in [1.54, 1.807) is 5.56 Å². The molecule has 0 radical (unpaired) electrons. The minimum Gasteiger partial charge on any atom is -0.213 e. The number of nitrogens with zero attached hydrogens (tertiary/aromatic N) is 6. The summed E-state index contributed by atoms with van der Waals surface area (Å²) in [6.07, 6.45) is 0. The van der Waals surface area contributed by atoms with Crippen molar-refractivity contribution in [3.8, 4) is 0 Å². The zero-order chi connectivity index (χ0) is 18.9. The normalized spacial score (nSPS) is 10.7. The summed E-state index contributed by atoms with van der Waals surface area (Å²) < 4.78 is 24.3. The highest BCUT2D eigenvalue weighted by Crippen LogP contribution is 2.32. The Morgan fingerprint density at radius 3 is 1.46 bits per heavy atom. The minimum absolute atomic E-state index is 0.626. The van der Waals surface area contributed by atoms with Crippen LogP contribution in [0, 0.1) is 0 Å². The van der Waals surface area contributed by atoms with Gasteiger partial charge in [-0.2, -0.15) is 0 Å². The monoisotopic (exact) mass is 352 g/mol. The molecule has 8 nitrogen and oxygen atoms in total. The van der Waals surface area contributed by atoms with Gasteiger partial charge in [-0.25, -0.2) is 8.42 Å². The maximum Gasteiger partial charge on any atom is 0.321 e. The number of azide groups is 1. The van der Waals surface area contributed by atoms with Crippen LogP contribution in [0.15, 0.2) is 27.2 Å². The molecule has 1 aromatic carbocycles. The van der Waals surface area contributed by atoms with Gasteiger partial charge < -0.3 is 0 Å². The van der Waals surface area contributed by atoms with Crippen molar-refractivity contribution in [2.45, 2.75) is 59.3 Å². The zero-order valence-electron chi connectivity index (χ0n) is 14.9. The van der Waals surface area contributed by atoms with E-state index in [1.807, 2.05) is 9.82 Å². The van der Waals surface area contributed by atoms with E-state index in [1.165, 1.54) is 11.1 Å². The van der Waals surface area contributed by atoms with Crippen molar-refractivity contribution in [2.24, 2.45) is 9.04 Å². The van der Waals surface area contributed by atoms with Crippen LogP contribution in [-0.2, 0) is 10.2 Å². The Morgan fingerprint density at radius 2 is 1.21 bits per heavy atom. The van der Waals surface area contributed by atoms with E-state index in [9.17, 15) is 8.42 Å². The summed E-state index contributed by atoms with van der Waals surface area (Å²) in [6.45, 7) is 13.7. The highest BCUT2D eigenvalue weighted by atomic mass is 32.2. The molecule has 0 aromatic heterocycles. The van der Waals surface area contributed by atoms with Crippen molar-refractivity contribution >= 4 is 10.2 Å². The summed E-state index contributed by atoms with van der Waals surface area (Å²) in [6, 6.07) is 6.77. The third-order valence-electron chi connectivity index (χ3n) is 3.27. The lowest BCUT2D eigenvalue weighted by Crippen LogP contribution is -2.04. The van der Waals surface area contributed by atoms with Gasteiger partial charge in [0, 0.05) is 18.9 Å². The van der Waals surface area contributed by atoms with E-state index in [2.05, 4.69) is 68.8 Å². The molecule has 0 saturated heterocycles. The van der Waals surface area contributed by atoms with Crippen molar-refractivity contribution < 1.29 is 8.42 Å². The van der Waals surface area contributed by atoms with E-state index in [0.29, 0.717) is 17.8 Å². The average Bonchev–Trinajstić information content (AvgIpc) is 2.46. The largest absolute Gasteiger partial charge is 0.321 e. The summed E-state index contributed by atoms with van der Waals surface area (Å²) in [4.78, 5) is 3.80. The van der Waals surface area contributed by atoms with Crippen molar-refractivity contribution in [3.05, 3.63) is 55.8 Å². The van der Waals surface area contributed by atoms with Crippen LogP contribution in [0.3, 0.4) is 0 Å². The van der Waals surface area contributed by atoms with E-state index >= 15 is 0 Å². The molecule has 9 heteroatoms. The Labute approximate surface area is 143 Å². The van der Waals surface area contributed by atoms with Gasteiger partial charge in [-0.3, -0.25) is 0 Å². The lowest BCUT2D eigenvalue weighted by Gasteiger charge is -2.22. The Balaban J connectivity index is 0.000000506. The third-order valence-corrected chi connectivity index (χ3v) is 3.83. The van der Waals surface area contributed by atoms with Crippen LogP contribution in [0.2, 0.25) is 0 Å². The molecule has 0 unspecified atom stereocenters. The highest BCUT2D eigenvalue weighted by molar-refractivity contribution is 7.88. The first-order valence-corrected chi connectivity index (χ1v) is 8.97. The Kier molecular flexibility index (Phi) is 8.92. The van der Waals surface area contributed by atoms with E-state index in [-0.39, 0.29) is 0 Å². The second kappa shape index (κ2) is 9.82. The first kappa shape index (κ1) is 21.8. The number of hydrogen-bond donors (Lipinski definition) is 0. The molecule has 1 rings (SSSR count). The Hall–Kier alpha value is -2.21. The van der Waals surface area contributed by atoms with Crippen molar-refractivity contribution in [2.75, 3.05) is 0 Å². The molecule has 0 amide bonds. The van der Waals surface area contributed by atoms with Gasteiger partial charge >= 0.3 is 10.2 Å². The van der Waals surface area contributed by atoms with Crippen LogP contribution in [0.5, 0.6) is 0 Å². The first-order chi connectivity index (χ1) is 11.1. The molecule has 0 saturated carbocycles. The van der Waals surface area contributed by atoms with Crippen LogP contribution in [0.4, 0.5) is 0 Å². The maximum atomic E-state index is 9.99. The Bertz CT molecular complexity index is 693. The van der Waals surface area contributed by atoms with Crippen molar-refractivity contribution in [1.29, 1.82) is 0 Å². The summed E-state index contributed by atoms with van der Waals surface area (Å²) >= 11 is 0. The predicted molar refractivity (Wildman–Crippen MR) is 95.9 cm³/mol. The third kappa shape index (κ3) is 6.91. The molecule has 0 atom stereocenters. The molecule has 0 aliphatic rings. The molecule has 0 heterocycles. The quantitative estimate of drug-likeness (QED) is 0.370. The van der Waals surface area contributed by atoms with Gasteiger partial charge in [0.2, 0.25) is 0 Å². The smallest absolute Gasteiger partial charge is 0.213 e. The maximum absolute atomic E-state index is 9.99. The number of rotatable bonds is 5. The van der Waals surface area contributed by atoms with Crippen molar-refractivity contribution in [1.82, 2.24) is 0 Å². The van der Waals surface area contributed by atoms with E-state index < -0.39 is 10.2 Å². The molecule has 1 aromatic rings. The standard InChI is InChI=1S/C15H24.N6O2S/c1-10(2)13-8-7-9-14(11(3)4)15(13)12(5)6;1-3-5-9(7,8)6-4-2/h7-12H,1-6H3;. The topological polar surface area (TPSA) is 132 Å². The lowest BCUT2D eigenvalue weighted by molar-refractivity contribution is 0.599. The summed E-state index contributed by atoms with van der Waals surface area (Å²) in [5.74, 6) is 1.88. The molecule has 0 aliphatic heterocycles. The average molecular weight is 352 g/mol. The number of benzene rings is 1. The predicted octanol–water partition coefficient (Wildman–Crippen LogP) is 5.91. The molecule has 0 aliphatic carbocycles. The van der Waals surface area contributed by atoms with E-state index in [4.69, 9.17) is 11.1 Å². The second-order valence-corrected chi connectivity index (χ2v) is 7.33. The lowest BCUT2D eigenvalue weighted by atomic mass is 9.83. The fourth-order valence-electron chi connectivity index (χ4n) is 2.38. The highest BCUT2D eigenvalue weighted by Gasteiger charge is 2.15. The fourth-order valence-corrected chi connectivity index (χ4v) is 2.60. The second-order valence-electron chi connectivity index (χ2n) is 6.10. The number of hydrogen-bond acceptors (Lipinski definition) is 2. The SMILES string of the molecule is CC(C)c1cccc(C(C)C)c1C(C)C.[N-]=[N+]=NS(=O)(=O)N=[N+]=[N-]. The molecular formula is C15H24N6O2S. The van der Waals surface area contributed by atoms with Crippen molar-refractivity contribution in [3.63, 3.8) is 0 Å². The summed E-state index contributed by atoms with van der Waals surface area (Å²) in [5, 5.41) is 0. The minimum atomic E-state index is -4.27. The first-order valence-electron chi connectivity index (χ1n) is 7.57.